The third kappa shape index (κ3) is 3.21. The van der Waals surface area contributed by atoms with Crippen molar-refractivity contribution in [2.75, 3.05) is 6.61 Å². The average Bonchev–Trinajstić information content (AvgIpc) is 3.03. The van der Waals surface area contributed by atoms with E-state index < -0.39 is 0 Å². The van der Waals surface area contributed by atoms with Gasteiger partial charge >= 0.3 is 0 Å². The molecule has 4 rings (SSSR count). The van der Waals surface area contributed by atoms with Gasteiger partial charge in [-0.3, -0.25) is 0 Å². The molecule has 2 aromatic rings. The fourth-order valence-electron chi connectivity index (χ4n) is 4.81. The number of ether oxygens (including phenoxy) is 1. The highest BCUT2D eigenvalue weighted by atomic mass is 16.5. The lowest BCUT2D eigenvalue weighted by atomic mass is 9.70. The summed E-state index contributed by atoms with van der Waals surface area (Å²) in [6.07, 6.45) is 7.39. The van der Waals surface area contributed by atoms with E-state index in [9.17, 15) is 5.26 Å². The predicted octanol–water partition coefficient (Wildman–Crippen LogP) is 5.70. The third-order valence-corrected chi connectivity index (χ3v) is 6.16. The van der Waals surface area contributed by atoms with Gasteiger partial charge in [0.15, 0.2) is 5.69 Å². The first-order valence-electron chi connectivity index (χ1n) is 9.89. The molecule has 2 aliphatic carbocycles. The van der Waals surface area contributed by atoms with E-state index in [-0.39, 0.29) is 5.41 Å². The quantitative estimate of drug-likeness (QED) is 0.515. The van der Waals surface area contributed by atoms with Gasteiger partial charge in [-0.25, -0.2) is 4.85 Å². The molecule has 2 aromatic carbocycles. The summed E-state index contributed by atoms with van der Waals surface area (Å²) in [5, 5.41) is 9.36. The van der Waals surface area contributed by atoms with E-state index in [2.05, 4.69) is 34.2 Å². The fourth-order valence-corrected chi connectivity index (χ4v) is 4.81. The van der Waals surface area contributed by atoms with Crippen LogP contribution in [0.15, 0.2) is 47.5 Å². The van der Waals surface area contributed by atoms with Crippen molar-refractivity contribution < 1.29 is 4.74 Å². The second kappa shape index (κ2) is 7.58. The van der Waals surface area contributed by atoms with E-state index in [1.165, 1.54) is 5.56 Å². The number of hydrogen-bond donors (Lipinski definition) is 0. The number of rotatable bonds is 3. The van der Waals surface area contributed by atoms with Gasteiger partial charge in [0, 0.05) is 17.6 Å². The summed E-state index contributed by atoms with van der Waals surface area (Å²) >= 11 is 0. The molecule has 0 heterocycles. The van der Waals surface area contributed by atoms with Gasteiger partial charge in [-0.15, -0.1) is 0 Å². The zero-order chi connectivity index (χ0) is 19.6. The molecule has 1 fully saturated rings. The van der Waals surface area contributed by atoms with Gasteiger partial charge in [0.2, 0.25) is 6.19 Å². The first-order valence-corrected chi connectivity index (χ1v) is 9.89. The van der Waals surface area contributed by atoms with Crippen molar-refractivity contribution in [3.8, 4) is 17.3 Å². The maximum atomic E-state index is 9.36. The minimum atomic E-state index is -0.0390. The molecule has 1 spiro atoms. The summed E-state index contributed by atoms with van der Waals surface area (Å²) in [5.41, 5.74) is 6.00. The van der Waals surface area contributed by atoms with Crippen LogP contribution in [-0.4, -0.2) is 18.4 Å². The second-order valence-electron chi connectivity index (χ2n) is 7.71. The zero-order valence-electron chi connectivity index (χ0n) is 16.1. The fraction of sp³-hybridized carbons (Fsp3) is 0.375. The largest absolute Gasteiger partial charge is 0.379 e. The molecule has 0 atom stereocenters. The van der Waals surface area contributed by atoms with Crippen LogP contribution in [0.2, 0.25) is 0 Å². The molecular formula is C24H23N3O. The molecule has 4 nitrogen and oxygen atoms in total. The Labute approximate surface area is 166 Å². The summed E-state index contributed by atoms with van der Waals surface area (Å²) in [5.74, 6) is 0. The van der Waals surface area contributed by atoms with Gasteiger partial charge in [-0.05, 0) is 67.9 Å². The number of nitriles is 1. The van der Waals surface area contributed by atoms with E-state index in [0.29, 0.717) is 11.8 Å². The molecule has 2 aliphatic rings. The van der Waals surface area contributed by atoms with Crippen LogP contribution in [0.25, 0.3) is 16.0 Å². The molecular weight excluding hydrogens is 346 g/mol. The Morgan fingerprint density at radius 3 is 2.71 bits per heavy atom. The van der Waals surface area contributed by atoms with Crippen molar-refractivity contribution in [1.29, 1.82) is 5.26 Å². The Hall–Kier alpha value is -2.95. The minimum Gasteiger partial charge on any atom is -0.379 e. The van der Waals surface area contributed by atoms with Crippen molar-refractivity contribution in [2.24, 2.45) is 10.4 Å². The molecule has 1 saturated carbocycles. The van der Waals surface area contributed by atoms with Crippen LogP contribution in [0.4, 0.5) is 5.69 Å². The van der Waals surface area contributed by atoms with E-state index in [1.54, 1.807) is 0 Å². The van der Waals surface area contributed by atoms with Crippen LogP contribution < -0.4 is 0 Å². The lowest BCUT2D eigenvalue weighted by Gasteiger charge is -2.37. The highest BCUT2D eigenvalue weighted by Crippen LogP contribution is 2.49. The van der Waals surface area contributed by atoms with E-state index in [1.807, 2.05) is 31.2 Å². The lowest BCUT2D eigenvalue weighted by molar-refractivity contribution is 0.0179. The van der Waals surface area contributed by atoms with E-state index in [4.69, 9.17) is 11.3 Å². The van der Waals surface area contributed by atoms with Gasteiger partial charge in [0.1, 0.15) is 0 Å². The smallest absolute Gasteiger partial charge is 0.205 e. The maximum absolute atomic E-state index is 9.36. The van der Waals surface area contributed by atoms with Gasteiger partial charge in [0.25, 0.3) is 0 Å². The van der Waals surface area contributed by atoms with E-state index >= 15 is 0 Å². The first-order chi connectivity index (χ1) is 13.7. The van der Waals surface area contributed by atoms with Crippen LogP contribution in [0.3, 0.4) is 0 Å². The number of aliphatic imine (C=N–C) groups is 1. The Morgan fingerprint density at radius 1 is 1.21 bits per heavy atom. The standard InChI is InChI=1S/C24H23N3O/c1-3-28-21-9-11-24(12-10-21)15-19-8-7-18(14-22(19)23(24)27-16-25)17-5-4-6-20(13-17)26-2/h4-8,13-14,21H,3,9-12,15H2,1H3/b27-23-. The van der Waals surface area contributed by atoms with Gasteiger partial charge in [-0.1, -0.05) is 30.3 Å². The first kappa shape index (κ1) is 18.4. The summed E-state index contributed by atoms with van der Waals surface area (Å²) in [7, 11) is 0. The van der Waals surface area contributed by atoms with Crippen molar-refractivity contribution in [2.45, 2.75) is 45.1 Å². The summed E-state index contributed by atoms with van der Waals surface area (Å²) < 4.78 is 5.83. The zero-order valence-corrected chi connectivity index (χ0v) is 16.1. The monoisotopic (exact) mass is 369 g/mol. The molecule has 4 heteroatoms. The summed E-state index contributed by atoms with van der Waals surface area (Å²) in [6.45, 7) is 10.0. The molecule has 0 aromatic heterocycles. The van der Waals surface area contributed by atoms with Crippen LogP contribution in [0.5, 0.6) is 0 Å². The number of hydrogen-bond acceptors (Lipinski definition) is 3. The molecule has 0 N–H and O–H groups in total. The highest BCUT2D eigenvalue weighted by molar-refractivity contribution is 6.10. The molecule has 0 aliphatic heterocycles. The van der Waals surface area contributed by atoms with Crippen molar-refractivity contribution >= 4 is 11.4 Å². The molecule has 0 radical (unpaired) electrons. The normalized spacial score (nSPS) is 24.7. The Balaban J connectivity index is 1.70. The Kier molecular flexibility index (Phi) is 4.99. The van der Waals surface area contributed by atoms with Crippen LogP contribution in [0, 0.1) is 23.4 Å². The van der Waals surface area contributed by atoms with Gasteiger partial charge in [-0.2, -0.15) is 10.3 Å². The molecule has 0 unspecified atom stereocenters. The van der Waals surface area contributed by atoms with Crippen molar-refractivity contribution in [3.05, 3.63) is 65.0 Å². The maximum Gasteiger partial charge on any atom is 0.205 e. The lowest BCUT2D eigenvalue weighted by Crippen LogP contribution is -2.36. The minimum absolute atomic E-state index is 0.0390. The van der Waals surface area contributed by atoms with Crippen LogP contribution >= 0.6 is 0 Å². The summed E-state index contributed by atoms with van der Waals surface area (Å²) in [4.78, 5) is 7.85. The topological polar surface area (TPSA) is 49.7 Å². The number of nitrogens with zero attached hydrogens (tertiary/aromatic N) is 3. The van der Waals surface area contributed by atoms with Crippen molar-refractivity contribution in [3.63, 3.8) is 0 Å². The molecule has 0 bridgehead atoms. The van der Waals surface area contributed by atoms with Crippen LogP contribution in [0.1, 0.15) is 43.7 Å². The SMILES string of the molecule is [C-]#[N+]c1cccc(-c2ccc3c(c2)/C(=N/C#N)C2(CCC(OCC)CC2)C3)c1. The van der Waals surface area contributed by atoms with Crippen LogP contribution in [-0.2, 0) is 11.2 Å². The highest BCUT2D eigenvalue weighted by Gasteiger charge is 2.45. The summed E-state index contributed by atoms with van der Waals surface area (Å²) in [6, 6.07) is 14.1. The molecule has 0 amide bonds. The Morgan fingerprint density at radius 2 is 2.00 bits per heavy atom. The third-order valence-electron chi connectivity index (χ3n) is 6.16. The van der Waals surface area contributed by atoms with Crippen molar-refractivity contribution in [1.82, 2.24) is 0 Å². The Bertz CT molecular complexity index is 1000. The van der Waals surface area contributed by atoms with Gasteiger partial charge < -0.3 is 4.74 Å². The molecule has 28 heavy (non-hydrogen) atoms. The number of fused-ring (bicyclic) bond motifs is 1. The number of benzene rings is 2. The molecule has 0 saturated heterocycles. The van der Waals surface area contributed by atoms with E-state index in [0.717, 1.165) is 61.1 Å². The average molecular weight is 369 g/mol. The predicted molar refractivity (Wildman–Crippen MR) is 110 cm³/mol. The second-order valence-corrected chi connectivity index (χ2v) is 7.71. The molecule has 140 valence electrons. The van der Waals surface area contributed by atoms with Gasteiger partial charge in [0.05, 0.1) is 18.4 Å².